The first-order valence-corrected chi connectivity index (χ1v) is 9.43. The molecule has 0 unspecified atom stereocenters. The van der Waals surface area contributed by atoms with Crippen molar-refractivity contribution in [2.75, 3.05) is 13.1 Å². The standard InChI is InChI=1S/C21H26N2O2/c24-21(17-7-2-3-8-17)22-14-19(20-10-5-13-25-20)23-12-11-16-6-1-4-9-18(16)15-23/h1,4-6,9-10,13,17,19H,2-3,7-8,11-12,14-15H2,(H,22,24)/t19-/m0/s1. The minimum atomic E-state index is 0.0914. The molecule has 4 heteroatoms. The summed E-state index contributed by atoms with van der Waals surface area (Å²) in [5.41, 5.74) is 2.82. The third-order valence-electron chi connectivity index (χ3n) is 5.67. The van der Waals surface area contributed by atoms with Gasteiger partial charge < -0.3 is 9.73 Å². The van der Waals surface area contributed by atoms with Crippen molar-refractivity contribution < 1.29 is 9.21 Å². The predicted octanol–water partition coefficient (Wildman–Crippen LogP) is 3.69. The number of rotatable bonds is 5. The van der Waals surface area contributed by atoms with Crippen LogP contribution in [0.5, 0.6) is 0 Å². The zero-order chi connectivity index (χ0) is 17.1. The molecule has 2 heterocycles. The Bertz CT molecular complexity index is 704. The Morgan fingerprint density at radius 1 is 1.16 bits per heavy atom. The van der Waals surface area contributed by atoms with E-state index in [1.165, 1.54) is 24.0 Å². The third-order valence-corrected chi connectivity index (χ3v) is 5.67. The first kappa shape index (κ1) is 16.4. The number of hydrogen-bond donors (Lipinski definition) is 1. The summed E-state index contributed by atoms with van der Waals surface area (Å²) >= 11 is 0. The Labute approximate surface area is 149 Å². The van der Waals surface area contributed by atoms with E-state index in [9.17, 15) is 4.79 Å². The zero-order valence-electron chi connectivity index (χ0n) is 14.6. The Morgan fingerprint density at radius 2 is 1.96 bits per heavy atom. The van der Waals surface area contributed by atoms with Gasteiger partial charge in [-0.3, -0.25) is 9.69 Å². The molecular formula is C21H26N2O2. The second-order valence-electron chi connectivity index (χ2n) is 7.25. The number of furan rings is 1. The summed E-state index contributed by atoms with van der Waals surface area (Å²) in [6, 6.07) is 12.7. The highest BCUT2D eigenvalue weighted by atomic mass is 16.3. The first-order valence-electron chi connectivity index (χ1n) is 9.43. The normalized spacial score (nSPS) is 19.5. The van der Waals surface area contributed by atoms with Crippen LogP contribution in [0, 0.1) is 5.92 Å². The van der Waals surface area contributed by atoms with E-state index in [2.05, 4.69) is 34.5 Å². The van der Waals surface area contributed by atoms with Crippen LogP contribution in [0.4, 0.5) is 0 Å². The molecule has 0 spiro atoms. The monoisotopic (exact) mass is 338 g/mol. The zero-order valence-corrected chi connectivity index (χ0v) is 14.6. The largest absolute Gasteiger partial charge is 0.468 e. The number of carbonyl (C=O) groups excluding carboxylic acids is 1. The number of fused-ring (bicyclic) bond motifs is 1. The molecule has 1 N–H and O–H groups in total. The molecule has 1 aliphatic heterocycles. The molecule has 132 valence electrons. The van der Waals surface area contributed by atoms with Crippen LogP contribution in [0.3, 0.4) is 0 Å². The van der Waals surface area contributed by atoms with Crippen molar-refractivity contribution >= 4 is 5.91 Å². The van der Waals surface area contributed by atoms with Crippen molar-refractivity contribution in [3.8, 4) is 0 Å². The highest BCUT2D eigenvalue weighted by Crippen LogP contribution is 2.29. The summed E-state index contributed by atoms with van der Waals surface area (Å²) in [6.45, 7) is 2.51. The number of nitrogens with zero attached hydrogens (tertiary/aromatic N) is 1. The van der Waals surface area contributed by atoms with Gasteiger partial charge in [0.2, 0.25) is 5.91 Å². The predicted molar refractivity (Wildman–Crippen MR) is 97.0 cm³/mol. The van der Waals surface area contributed by atoms with Gasteiger partial charge in [-0.05, 0) is 42.5 Å². The van der Waals surface area contributed by atoms with Crippen LogP contribution >= 0.6 is 0 Å². The summed E-state index contributed by atoms with van der Waals surface area (Å²) in [5.74, 6) is 1.36. The van der Waals surface area contributed by atoms with Crippen molar-refractivity contribution in [1.82, 2.24) is 10.2 Å². The Hall–Kier alpha value is -2.07. The van der Waals surface area contributed by atoms with E-state index in [0.29, 0.717) is 6.54 Å². The summed E-state index contributed by atoms with van der Waals surface area (Å²) in [5, 5.41) is 3.19. The second kappa shape index (κ2) is 7.44. The highest BCUT2D eigenvalue weighted by molar-refractivity contribution is 5.78. The molecule has 4 rings (SSSR count). The number of nitrogens with one attached hydrogen (secondary N) is 1. The average molecular weight is 338 g/mol. The maximum Gasteiger partial charge on any atom is 0.223 e. The van der Waals surface area contributed by atoms with Crippen molar-refractivity contribution in [1.29, 1.82) is 0 Å². The fourth-order valence-corrected chi connectivity index (χ4v) is 4.20. The van der Waals surface area contributed by atoms with E-state index in [-0.39, 0.29) is 17.9 Å². The molecule has 1 amide bonds. The van der Waals surface area contributed by atoms with Gasteiger partial charge in [0, 0.05) is 25.6 Å². The SMILES string of the molecule is O=C(NC[C@@H](c1ccco1)N1CCc2ccccc2C1)C1CCCC1. The van der Waals surface area contributed by atoms with Crippen molar-refractivity contribution in [2.45, 2.75) is 44.7 Å². The van der Waals surface area contributed by atoms with E-state index in [4.69, 9.17) is 4.42 Å². The van der Waals surface area contributed by atoms with Gasteiger partial charge in [-0.1, -0.05) is 37.1 Å². The van der Waals surface area contributed by atoms with Crippen LogP contribution in [0.25, 0.3) is 0 Å². The van der Waals surface area contributed by atoms with E-state index < -0.39 is 0 Å². The number of benzene rings is 1. The van der Waals surface area contributed by atoms with Crippen molar-refractivity contribution in [3.63, 3.8) is 0 Å². The molecule has 2 aliphatic rings. The van der Waals surface area contributed by atoms with Crippen molar-refractivity contribution in [3.05, 3.63) is 59.5 Å². The van der Waals surface area contributed by atoms with E-state index >= 15 is 0 Å². The Kier molecular flexibility index (Phi) is 4.88. The van der Waals surface area contributed by atoms with Crippen LogP contribution in [-0.2, 0) is 17.8 Å². The Balaban J connectivity index is 1.46. The van der Waals surface area contributed by atoms with Gasteiger partial charge in [-0.15, -0.1) is 0 Å². The van der Waals surface area contributed by atoms with Gasteiger partial charge in [0.05, 0.1) is 12.3 Å². The van der Waals surface area contributed by atoms with Crippen LogP contribution in [-0.4, -0.2) is 23.9 Å². The summed E-state index contributed by atoms with van der Waals surface area (Å²) in [7, 11) is 0. The van der Waals surface area contributed by atoms with E-state index in [0.717, 1.165) is 38.1 Å². The lowest BCUT2D eigenvalue weighted by Crippen LogP contribution is -2.41. The van der Waals surface area contributed by atoms with Crippen LogP contribution in [0.1, 0.15) is 48.6 Å². The quantitative estimate of drug-likeness (QED) is 0.904. The summed E-state index contributed by atoms with van der Waals surface area (Å²) in [6.07, 6.45) is 7.21. The van der Waals surface area contributed by atoms with Gasteiger partial charge in [-0.25, -0.2) is 0 Å². The van der Waals surface area contributed by atoms with Gasteiger partial charge in [0.15, 0.2) is 0 Å². The molecule has 1 aromatic carbocycles. The van der Waals surface area contributed by atoms with E-state index in [1.54, 1.807) is 6.26 Å². The average Bonchev–Trinajstić information content (AvgIpc) is 3.35. The number of amides is 1. The summed E-state index contributed by atoms with van der Waals surface area (Å²) < 4.78 is 5.70. The lowest BCUT2D eigenvalue weighted by molar-refractivity contribution is -0.125. The molecule has 0 radical (unpaired) electrons. The molecule has 0 bridgehead atoms. The minimum Gasteiger partial charge on any atom is -0.468 e. The maximum absolute atomic E-state index is 12.4. The van der Waals surface area contributed by atoms with Crippen LogP contribution in [0.2, 0.25) is 0 Å². The van der Waals surface area contributed by atoms with Crippen LogP contribution < -0.4 is 5.32 Å². The first-order chi connectivity index (χ1) is 12.3. The van der Waals surface area contributed by atoms with Crippen LogP contribution in [0.15, 0.2) is 47.1 Å². The molecule has 1 fully saturated rings. The second-order valence-corrected chi connectivity index (χ2v) is 7.25. The third kappa shape index (κ3) is 3.64. The van der Waals surface area contributed by atoms with Gasteiger partial charge >= 0.3 is 0 Å². The molecular weight excluding hydrogens is 312 g/mol. The highest BCUT2D eigenvalue weighted by Gasteiger charge is 2.28. The topological polar surface area (TPSA) is 45.5 Å². The van der Waals surface area contributed by atoms with E-state index in [1.807, 2.05) is 12.1 Å². The Morgan fingerprint density at radius 3 is 2.72 bits per heavy atom. The van der Waals surface area contributed by atoms with Gasteiger partial charge in [0.1, 0.15) is 5.76 Å². The molecule has 25 heavy (non-hydrogen) atoms. The smallest absolute Gasteiger partial charge is 0.223 e. The van der Waals surface area contributed by atoms with Crippen molar-refractivity contribution in [2.24, 2.45) is 5.92 Å². The summed E-state index contributed by atoms with van der Waals surface area (Å²) in [4.78, 5) is 14.9. The molecule has 1 atom stereocenters. The van der Waals surface area contributed by atoms with Gasteiger partial charge in [0.25, 0.3) is 0 Å². The molecule has 0 saturated heterocycles. The molecule has 1 aromatic heterocycles. The molecule has 1 aliphatic carbocycles. The molecule has 1 saturated carbocycles. The minimum absolute atomic E-state index is 0.0914. The lowest BCUT2D eigenvalue weighted by atomic mass is 9.98. The number of hydrogen-bond acceptors (Lipinski definition) is 3. The molecule has 4 nitrogen and oxygen atoms in total. The lowest BCUT2D eigenvalue weighted by Gasteiger charge is -2.34. The molecule has 2 aromatic rings. The number of carbonyl (C=O) groups is 1. The fraction of sp³-hybridized carbons (Fsp3) is 0.476. The fourth-order valence-electron chi connectivity index (χ4n) is 4.20. The maximum atomic E-state index is 12.4. The van der Waals surface area contributed by atoms with Gasteiger partial charge in [-0.2, -0.15) is 0 Å².